The minimum Gasteiger partial charge on any atom is -0.265 e. The Bertz CT molecular complexity index is 1560. The van der Waals surface area contributed by atoms with Crippen molar-refractivity contribution in [3.05, 3.63) is 138 Å². The molecule has 0 saturated carbocycles. The summed E-state index contributed by atoms with van der Waals surface area (Å²) in [4.78, 5) is 3.78. The van der Waals surface area contributed by atoms with E-state index in [2.05, 4.69) is 144 Å². The van der Waals surface area contributed by atoms with Crippen molar-refractivity contribution in [2.45, 2.75) is 85.8 Å². The van der Waals surface area contributed by atoms with Gasteiger partial charge in [0.2, 0.25) is 0 Å². The van der Waals surface area contributed by atoms with Crippen LogP contribution >= 0.6 is 26.9 Å². The van der Waals surface area contributed by atoms with E-state index in [9.17, 15) is 0 Å². The van der Waals surface area contributed by atoms with Crippen molar-refractivity contribution in [2.24, 2.45) is 0 Å². The van der Waals surface area contributed by atoms with Crippen molar-refractivity contribution in [2.75, 3.05) is 6.61 Å². The first-order valence-corrected chi connectivity index (χ1v) is 23.7. The molecule has 261 valence electrons. The number of nitrogens with zero attached hydrogens (tertiary/aromatic N) is 3. The zero-order chi connectivity index (χ0) is 34.7. The fourth-order valence-corrected chi connectivity index (χ4v) is 5.46. The first-order valence-electron chi connectivity index (χ1n) is 16.6. The number of unbranched alkanes of at least 4 members (excludes halogenated alkanes) is 1. The number of hydrogen-bond donors (Lipinski definition) is 0. The van der Waals surface area contributed by atoms with Crippen molar-refractivity contribution < 1.29 is 23.4 Å². The quantitative estimate of drug-likeness (QED) is 0.0672. The average molecular weight is 871 g/mol. The molecule has 0 atom stereocenters. The van der Waals surface area contributed by atoms with Gasteiger partial charge in [0.25, 0.3) is 0 Å². The predicted octanol–water partition coefficient (Wildman–Crippen LogP) is 11.9. The summed E-state index contributed by atoms with van der Waals surface area (Å²) in [7, 11) is 0. The summed E-state index contributed by atoms with van der Waals surface area (Å²) in [5.74, 6) is 2.87. The molecule has 5 rings (SSSR count). The number of rotatable bonds is 13. The van der Waals surface area contributed by atoms with Crippen LogP contribution in [0.3, 0.4) is 0 Å². The number of ether oxygens (including phenoxy) is 2. The topological polar surface area (TPSA) is 41.2 Å². The predicted molar refractivity (Wildman–Crippen MR) is 204 cm³/mol. The number of pyridine rings is 1. The van der Waals surface area contributed by atoms with E-state index in [0.29, 0.717) is 39.0 Å². The molecule has 8 heteroatoms. The minimum absolute atomic E-state index is 0.479. The molecule has 3 aromatic carbocycles. The van der Waals surface area contributed by atoms with Crippen molar-refractivity contribution in [3.63, 3.8) is 0 Å². The van der Waals surface area contributed by atoms with Crippen molar-refractivity contribution in [1.29, 1.82) is 0 Å². The molecular formula is C40H50Br2N3O2Pd. The van der Waals surface area contributed by atoms with E-state index in [-0.39, 0.29) is 0 Å². The Balaban J connectivity index is 0.000000607. The number of halogens is 2. The van der Waals surface area contributed by atoms with Gasteiger partial charge in [-0.25, -0.2) is 0 Å². The van der Waals surface area contributed by atoms with Crippen LogP contribution in [-0.2, 0) is 33.5 Å². The second kappa shape index (κ2) is 22.1. The summed E-state index contributed by atoms with van der Waals surface area (Å²) < 4.78 is 17.0. The van der Waals surface area contributed by atoms with Gasteiger partial charge in [0.15, 0.2) is 6.33 Å². The maximum Gasteiger partial charge on any atom is 0.0267 e. The molecule has 0 aliphatic heterocycles. The van der Waals surface area contributed by atoms with Crippen LogP contribution in [0.4, 0.5) is 0 Å². The van der Waals surface area contributed by atoms with Gasteiger partial charge in [0.1, 0.15) is 36.2 Å². The van der Waals surface area contributed by atoms with Gasteiger partial charge in [-0.1, -0.05) is 77.1 Å². The third kappa shape index (κ3) is 12.9. The fourth-order valence-electron chi connectivity index (χ4n) is 5.46. The summed E-state index contributed by atoms with van der Waals surface area (Å²) in [5.41, 5.74) is 7.64. The molecule has 5 aromatic rings. The van der Waals surface area contributed by atoms with Gasteiger partial charge in [0.05, 0.1) is 6.61 Å². The Hall–Kier alpha value is -2.76. The molecule has 0 aliphatic rings. The van der Waals surface area contributed by atoms with Crippen molar-refractivity contribution in [1.82, 2.24) is 14.1 Å². The molecule has 0 bridgehead atoms. The molecule has 2 aromatic heterocycles. The second-order valence-corrected chi connectivity index (χ2v) is 19.3. The van der Waals surface area contributed by atoms with E-state index >= 15 is 0 Å². The zero-order valence-electron chi connectivity index (χ0n) is 29.0. The van der Waals surface area contributed by atoms with Gasteiger partial charge in [-0.05, 0) is 91.1 Å². The van der Waals surface area contributed by atoms with E-state index in [1.54, 1.807) is 12.4 Å². The maximum absolute atomic E-state index is 6.30. The van der Waals surface area contributed by atoms with Crippen LogP contribution in [0.25, 0.3) is 5.69 Å². The summed E-state index contributed by atoms with van der Waals surface area (Å²) in [6.45, 7) is 15.7. The van der Waals surface area contributed by atoms with Crippen LogP contribution in [0.15, 0.2) is 110 Å². The summed E-state index contributed by atoms with van der Waals surface area (Å²) >= 11 is 6.80. The van der Waals surface area contributed by atoms with Crippen LogP contribution in [0.5, 0.6) is 11.5 Å². The smallest absolute Gasteiger partial charge is 0.0267 e. The van der Waals surface area contributed by atoms with E-state index < -0.39 is 0 Å². The Morgan fingerprint density at radius 3 is 2.02 bits per heavy atom. The number of hydrogen-bond acceptors (Lipinski definition) is 3. The number of para-hydroxylation sites is 1. The first-order chi connectivity index (χ1) is 23.3. The third-order valence-electron chi connectivity index (χ3n) is 7.87. The summed E-state index contributed by atoms with van der Waals surface area (Å²) in [6, 6.07) is 27.0. The van der Waals surface area contributed by atoms with Crippen LogP contribution in [0, 0.1) is 6.92 Å². The second-order valence-electron chi connectivity index (χ2n) is 12.1. The molecule has 0 radical (unpaired) electrons. The molecule has 0 spiro atoms. The number of imidazole rings is 1. The van der Waals surface area contributed by atoms with Gasteiger partial charge in [0, 0.05) is 30.1 Å². The van der Waals surface area contributed by atoms with Crippen LogP contribution in [0.2, 0.25) is 0 Å². The van der Waals surface area contributed by atoms with Crippen molar-refractivity contribution in [3.8, 4) is 17.2 Å². The molecule has 5 nitrogen and oxygen atoms in total. The minimum atomic E-state index is 0.479. The van der Waals surface area contributed by atoms with Crippen LogP contribution in [0.1, 0.15) is 87.1 Å². The van der Waals surface area contributed by atoms with Crippen molar-refractivity contribution >= 4 is 26.9 Å². The molecular weight excluding hydrogens is 821 g/mol. The molecule has 0 amide bonds. The van der Waals surface area contributed by atoms with E-state index in [4.69, 9.17) is 9.47 Å². The van der Waals surface area contributed by atoms with Gasteiger partial charge in [-0.3, -0.25) is 9.55 Å². The van der Waals surface area contributed by atoms with Gasteiger partial charge < -0.3 is 9.47 Å². The summed E-state index contributed by atoms with van der Waals surface area (Å²) in [5, 5.41) is 0. The summed E-state index contributed by atoms with van der Waals surface area (Å²) in [6.07, 6.45) is 13.1. The van der Waals surface area contributed by atoms with Crippen LogP contribution in [-0.4, -0.2) is 20.7 Å². The van der Waals surface area contributed by atoms with E-state index in [1.807, 2.05) is 36.4 Å². The normalized spacial score (nSPS) is 10.7. The molecule has 0 fully saturated rings. The molecule has 48 heavy (non-hydrogen) atoms. The van der Waals surface area contributed by atoms with Gasteiger partial charge >= 0.3 is 40.8 Å². The molecule has 0 saturated heterocycles. The Morgan fingerprint density at radius 1 is 0.812 bits per heavy atom. The molecule has 2 heterocycles. The monoisotopic (exact) mass is 868 g/mol. The SMILES string of the molecule is CCc1cc(OCc2ccccc2)cc(C)c1OCCCCn1ccn(-c2c(C(C)C)cccc2C(C)C)[cH+]1.[Br][Pd-][Br].c1ccncc1. The fraction of sp³-hybridized carbons (Fsp3) is 0.350. The van der Waals surface area contributed by atoms with E-state index in [0.717, 1.165) is 42.9 Å². The molecule has 0 aliphatic carbocycles. The van der Waals surface area contributed by atoms with E-state index in [1.165, 1.54) is 27.9 Å². The van der Waals surface area contributed by atoms with Gasteiger partial charge in [-0.15, -0.1) is 0 Å². The average Bonchev–Trinajstić information content (AvgIpc) is 3.57. The maximum atomic E-state index is 6.30. The third-order valence-corrected chi connectivity index (χ3v) is 7.87. The first kappa shape index (κ1) is 39.7. The van der Waals surface area contributed by atoms with Crippen LogP contribution < -0.4 is 9.47 Å². The van der Waals surface area contributed by atoms with Gasteiger partial charge in [-0.2, -0.15) is 4.57 Å². The zero-order valence-corrected chi connectivity index (χ0v) is 33.7. The Kier molecular flexibility index (Phi) is 18.2. The Labute approximate surface area is 309 Å². The number of benzene rings is 3. The standard InChI is InChI=1S/C35H45N2O2.C5H5N.2BrH.Pd/c1-7-30-23-31(39-24-29-14-9-8-10-15-29)22-28(6)35(30)38-21-12-11-18-36-19-20-37(25-36)34-32(26(2)3)16-13-17-33(34)27(4)5;1-2-4-6-5-3-1;;;/h8-10,13-17,19-20,22-23,25-27H,7,11-12,18,21,24H2,1-6H3;1-5H;2*1H;/q+1;;;;+1/p-2. The molecule has 0 unspecified atom stereocenters. The Morgan fingerprint density at radius 2 is 1.46 bits per heavy atom. The number of aryl methyl sites for hydroxylation is 3. The molecule has 0 N–H and O–H groups in total. The number of aromatic nitrogens is 3. The largest absolute Gasteiger partial charge is 0.265 e.